The molecule has 3 nitrogen and oxygen atoms in total. The molecule has 1 unspecified atom stereocenters. The molecule has 0 aromatic heterocycles. The molecule has 0 aliphatic heterocycles. The fourth-order valence-electron chi connectivity index (χ4n) is 1.30. The van der Waals surface area contributed by atoms with Gasteiger partial charge in [-0.1, -0.05) is 0 Å². The summed E-state index contributed by atoms with van der Waals surface area (Å²) >= 11 is 4.90. The Morgan fingerprint density at radius 1 is 1.33 bits per heavy atom. The number of ether oxygens (including phenoxy) is 1. The Labute approximate surface area is 108 Å². The zero-order valence-electron chi connectivity index (χ0n) is 9.89. The monoisotopic (exact) mass is 278 g/mol. The highest BCUT2D eigenvalue weighted by Gasteiger charge is 2.14. The summed E-state index contributed by atoms with van der Waals surface area (Å²) < 4.78 is 43.8. The molecule has 0 aliphatic rings. The summed E-state index contributed by atoms with van der Waals surface area (Å²) in [5.74, 6) is -4.09. The fraction of sp³-hybridized carbons (Fsp3) is 0.364. The largest absolute Gasteiger partial charge is 0.383 e. The fourth-order valence-corrected chi connectivity index (χ4v) is 1.61. The second kappa shape index (κ2) is 6.55. The van der Waals surface area contributed by atoms with E-state index in [-0.39, 0.29) is 16.8 Å². The van der Waals surface area contributed by atoms with Crippen LogP contribution in [0.1, 0.15) is 6.92 Å². The summed E-state index contributed by atoms with van der Waals surface area (Å²) in [6.45, 7) is 2.21. The Kier molecular flexibility index (Phi) is 5.36. The van der Waals surface area contributed by atoms with Crippen LogP contribution in [0.2, 0.25) is 0 Å². The van der Waals surface area contributed by atoms with E-state index < -0.39 is 17.5 Å². The Balaban J connectivity index is 2.68. The van der Waals surface area contributed by atoms with E-state index in [2.05, 4.69) is 10.6 Å². The Morgan fingerprint density at radius 2 is 2.00 bits per heavy atom. The lowest BCUT2D eigenvalue weighted by Gasteiger charge is -2.16. The van der Waals surface area contributed by atoms with Gasteiger partial charge >= 0.3 is 0 Å². The maximum Gasteiger partial charge on any atom is 0.196 e. The molecule has 1 aromatic rings. The number of anilines is 1. The van der Waals surface area contributed by atoms with Gasteiger partial charge in [-0.15, -0.1) is 0 Å². The average Bonchev–Trinajstić information content (AvgIpc) is 2.30. The van der Waals surface area contributed by atoms with Crippen LogP contribution in [-0.2, 0) is 4.74 Å². The van der Waals surface area contributed by atoms with E-state index in [4.69, 9.17) is 17.0 Å². The summed E-state index contributed by atoms with van der Waals surface area (Å²) in [6, 6.07) is 1.80. The van der Waals surface area contributed by atoms with E-state index in [0.717, 1.165) is 12.1 Å². The maximum atomic E-state index is 13.3. The van der Waals surface area contributed by atoms with E-state index in [0.29, 0.717) is 6.61 Å². The van der Waals surface area contributed by atoms with Crippen molar-refractivity contribution < 1.29 is 17.9 Å². The smallest absolute Gasteiger partial charge is 0.196 e. The zero-order valence-corrected chi connectivity index (χ0v) is 10.7. The maximum absolute atomic E-state index is 13.3. The topological polar surface area (TPSA) is 33.3 Å². The van der Waals surface area contributed by atoms with Gasteiger partial charge in [0, 0.05) is 13.2 Å². The molecule has 0 saturated carbocycles. The van der Waals surface area contributed by atoms with E-state index in [1.165, 1.54) is 7.11 Å². The average molecular weight is 278 g/mol. The van der Waals surface area contributed by atoms with Gasteiger partial charge in [0.15, 0.2) is 22.6 Å². The van der Waals surface area contributed by atoms with Crippen LogP contribution >= 0.6 is 12.2 Å². The third-order valence-electron chi connectivity index (χ3n) is 2.08. The molecule has 0 amide bonds. The second-order valence-electron chi connectivity index (χ2n) is 3.68. The molecule has 0 heterocycles. The molecule has 1 atom stereocenters. The number of hydrogen-bond donors (Lipinski definition) is 2. The second-order valence-corrected chi connectivity index (χ2v) is 4.09. The van der Waals surface area contributed by atoms with Gasteiger partial charge in [0.05, 0.1) is 12.3 Å². The minimum Gasteiger partial charge on any atom is -0.383 e. The van der Waals surface area contributed by atoms with Crippen LogP contribution in [0.15, 0.2) is 12.1 Å². The van der Waals surface area contributed by atoms with Crippen LogP contribution < -0.4 is 10.6 Å². The summed E-state index contributed by atoms with van der Waals surface area (Å²) in [4.78, 5) is 0. The van der Waals surface area contributed by atoms with Crippen LogP contribution in [-0.4, -0.2) is 24.9 Å². The molecule has 0 fully saturated rings. The standard InChI is InChI=1S/C11H13F3N2OS/c1-6(5-17-2)15-11(18)16-8-4-3-7(12)9(13)10(8)14/h3-4,6H,5H2,1-2H3,(H2,15,16,18). The highest BCUT2D eigenvalue weighted by molar-refractivity contribution is 7.80. The van der Waals surface area contributed by atoms with Gasteiger partial charge in [-0.2, -0.15) is 0 Å². The zero-order chi connectivity index (χ0) is 13.7. The highest BCUT2D eigenvalue weighted by atomic mass is 32.1. The molecular formula is C11H13F3N2OS. The van der Waals surface area contributed by atoms with Crippen molar-refractivity contribution in [2.24, 2.45) is 0 Å². The minimum atomic E-state index is -1.53. The first-order valence-corrected chi connectivity index (χ1v) is 5.56. The lowest BCUT2D eigenvalue weighted by Crippen LogP contribution is -2.38. The van der Waals surface area contributed by atoms with Crippen molar-refractivity contribution in [3.05, 3.63) is 29.6 Å². The van der Waals surface area contributed by atoms with Crippen LogP contribution in [0, 0.1) is 17.5 Å². The number of nitrogens with one attached hydrogen (secondary N) is 2. The van der Waals surface area contributed by atoms with Crippen LogP contribution in [0.25, 0.3) is 0 Å². The van der Waals surface area contributed by atoms with Crippen molar-refractivity contribution in [1.82, 2.24) is 5.32 Å². The Hall–Kier alpha value is -1.34. The van der Waals surface area contributed by atoms with Crippen LogP contribution in [0.3, 0.4) is 0 Å². The predicted molar refractivity (Wildman–Crippen MR) is 67.0 cm³/mol. The summed E-state index contributed by atoms with van der Waals surface area (Å²) in [7, 11) is 1.53. The minimum absolute atomic E-state index is 0.0941. The van der Waals surface area contributed by atoms with Crippen LogP contribution in [0.5, 0.6) is 0 Å². The number of hydrogen-bond acceptors (Lipinski definition) is 2. The molecule has 18 heavy (non-hydrogen) atoms. The Morgan fingerprint density at radius 3 is 2.61 bits per heavy atom. The van der Waals surface area contributed by atoms with Gasteiger partial charge in [0.25, 0.3) is 0 Å². The molecule has 0 aliphatic carbocycles. The molecule has 0 saturated heterocycles. The number of halogens is 3. The van der Waals surface area contributed by atoms with Crippen molar-refractivity contribution >= 4 is 23.0 Å². The Bertz CT molecular complexity index is 443. The van der Waals surface area contributed by atoms with Crippen molar-refractivity contribution in [2.75, 3.05) is 19.0 Å². The normalized spacial score (nSPS) is 12.1. The first-order valence-electron chi connectivity index (χ1n) is 5.15. The van der Waals surface area contributed by atoms with Crippen molar-refractivity contribution in [1.29, 1.82) is 0 Å². The third kappa shape index (κ3) is 3.85. The third-order valence-corrected chi connectivity index (χ3v) is 2.30. The summed E-state index contributed by atoms with van der Waals surface area (Å²) in [5.41, 5.74) is -0.226. The summed E-state index contributed by atoms with van der Waals surface area (Å²) in [5, 5.41) is 5.36. The molecule has 1 aromatic carbocycles. The highest BCUT2D eigenvalue weighted by Crippen LogP contribution is 2.19. The van der Waals surface area contributed by atoms with Crippen molar-refractivity contribution in [3.63, 3.8) is 0 Å². The molecule has 1 rings (SSSR count). The summed E-state index contributed by atoms with van der Waals surface area (Å²) in [6.07, 6.45) is 0. The van der Waals surface area contributed by atoms with Crippen molar-refractivity contribution in [3.8, 4) is 0 Å². The van der Waals surface area contributed by atoms with Gasteiger partial charge in [-0.25, -0.2) is 13.2 Å². The first kappa shape index (κ1) is 14.7. The van der Waals surface area contributed by atoms with Gasteiger partial charge in [-0.05, 0) is 31.3 Å². The van der Waals surface area contributed by atoms with Crippen LogP contribution in [0.4, 0.5) is 18.9 Å². The molecule has 7 heteroatoms. The van der Waals surface area contributed by atoms with E-state index in [1.807, 2.05) is 0 Å². The van der Waals surface area contributed by atoms with Crippen molar-refractivity contribution in [2.45, 2.75) is 13.0 Å². The molecular weight excluding hydrogens is 265 g/mol. The number of thiocarbonyl (C=S) groups is 1. The van der Waals surface area contributed by atoms with Gasteiger partial charge < -0.3 is 15.4 Å². The molecule has 2 N–H and O–H groups in total. The first-order chi connectivity index (χ1) is 8.45. The lowest BCUT2D eigenvalue weighted by molar-refractivity contribution is 0.179. The number of rotatable bonds is 4. The van der Waals surface area contributed by atoms with Gasteiger partial charge in [0.1, 0.15) is 0 Å². The number of methoxy groups -OCH3 is 1. The van der Waals surface area contributed by atoms with E-state index in [1.54, 1.807) is 6.92 Å². The van der Waals surface area contributed by atoms with Gasteiger partial charge in [-0.3, -0.25) is 0 Å². The van der Waals surface area contributed by atoms with Gasteiger partial charge in [0.2, 0.25) is 0 Å². The molecule has 0 bridgehead atoms. The van der Waals surface area contributed by atoms with E-state index >= 15 is 0 Å². The number of benzene rings is 1. The molecule has 0 spiro atoms. The SMILES string of the molecule is COCC(C)NC(=S)Nc1ccc(F)c(F)c1F. The molecule has 0 radical (unpaired) electrons. The predicted octanol–water partition coefficient (Wildman–Crippen LogP) is 2.43. The lowest BCUT2D eigenvalue weighted by atomic mass is 10.3. The molecule has 100 valence electrons. The quantitative estimate of drug-likeness (QED) is 0.654. The van der Waals surface area contributed by atoms with E-state index in [9.17, 15) is 13.2 Å².